The Morgan fingerprint density at radius 2 is 2.12 bits per heavy atom. The van der Waals surface area contributed by atoms with Crippen LogP contribution in [0.25, 0.3) is 0 Å². The molecule has 0 aliphatic heterocycles. The van der Waals surface area contributed by atoms with Gasteiger partial charge in [0.2, 0.25) is 0 Å². The topological polar surface area (TPSA) is 109 Å². The van der Waals surface area contributed by atoms with Crippen LogP contribution in [0.1, 0.15) is 5.82 Å². The Hall–Kier alpha value is -2.57. The van der Waals surface area contributed by atoms with Crippen LogP contribution in [-0.4, -0.2) is 21.2 Å². The Morgan fingerprint density at radius 3 is 2.76 bits per heavy atom. The molecule has 0 bridgehead atoms. The summed E-state index contributed by atoms with van der Waals surface area (Å²) in [7, 11) is 0. The number of nitrogens with one attached hydrogen (secondary N) is 3. The molecule has 2 rings (SSSR count). The molecule has 2 aromatic rings. The second kappa shape index (κ2) is 4.97. The fraction of sp³-hybridized carbons (Fsp3) is 0.100. The normalized spacial score (nSPS) is 9.88. The van der Waals surface area contributed by atoms with Gasteiger partial charge in [-0.15, -0.1) is 0 Å². The second-order valence-corrected chi connectivity index (χ2v) is 3.36. The van der Waals surface area contributed by atoms with Gasteiger partial charge in [-0.05, 0) is 24.3 Å². The van der Waals surface area contributed by atoms with Crippen LogP contribution in [0.3, 0.4) is 0 Å². The molecule has 2 amide bonds. The van der Waals surface area contributed by atoms with Gasteiger partial charge in [0.15, 0.2) is 0 Å². The van der Waals surface area contributed by atoms with E-state index in [-0.39, 0.29) is 6.03 Å². The lowest BCUT2D eigenvalue weighted by Gasteiger charge is -2.06. The van der Waals surface area contributed by atoms with Crippen molar-refractivity contribution in [1.82, 2.24) is 20.5 Å². The third kappa shape index (κ3) is 3.20. The van der Waals surface area contributed by atoms with Gasteiger partial charge < -0.3 is 16.4 Å². The molecule has 0 aliphatic rings. The first kappa shape index (κ1) is 10.9. The van der Waals surface area contributed by atoms with Gasteiger partial charge in [0.1, 0.15) is 12.2 Å². The highest BCUT2D eigenvalue weighted by molar-refractivity contribution is 5.89. The number of nitrogen functional groups attached to an aromatic ring is 1. The highest BCUT2D eigenvalue weighted by atomic mass is 16.2. The smallest absolute Gasteiger partial charge is 0.319 e. The van der Waals surface area contributed by atoms with E-state index in [0.29, 0.717) is 23.7 Å². The minimum atomic E-state index is -0.314. The minimum Gasteiger partial charge on any atom is -0.399 e. The predicted molar refractivity (Wildman–Crippen MR) is 63.1 cm³/mol. The van der Waals surface area contributed by atoms with Gasteiger partial charge in [0.05, 0.1) is 6.54 Å². The van der Waals surface area contributed by atoms with E-state index in [9.17, 15) is 4.79 Å². The number of amides is 2. The summed E-state index contributed by atoms with van der Waals surface area (Å²) in [5.41, 5.74) is 6.86. The highest BCUT2D eigenvalue weighted by Crippen LogP contribution is 2.09. The lowest BCUT2D eigenvalue weighted by Crippen LogP contribution is -2.28. The molecule has 17 heavy (non-hydrogen) atoms. The molecule has 5 N–H and O–H groups in total. The lowest BCUT2D eigenvalue weighted by molar-refractivity contribution is 0.251. The van der Waals surface area contributed by atoms with Crippen molar-refractivity contribution in [3.05, 3.63) is 36.4 Å². The number of carbonyl (C=O) groups excluding carboxylic acids is 1. The fourth-order valence-corrected chi connectivity index (χ4v) is 1.22. The van der Waals surface area contributed by atoms with Crippen LogP contribution in [0.15, 0.2) is 30.6 Å². The van der Waals surface area contributed by atoms with Crippen LogP contribution < -0.4 is 16.4 Å². The first-order valence-electron chi connectivity index (χ1n) is 4.98. The summed E-state index contributed by atoms with van der Waals surface area (Å²) in [4.78, 5) is 15.4. The van der Waals surface area contributed by atoms with E-state index in [0.717, 1.165) is 0 Å². The first-order valence-corrected chi connectivity index (χ1v) is 4.98. The van der Waals surface area contributed by atoms with Crippen molar-refractivity contribution < 1.29 is 4.79 Å². The van der Waals surface area contributed by atoms with Gasteiger partial charge in [-0.25, -0.2) is 9.78 Å². The summed E-state index contributed by atoms with van der Waals surface area (Å²) < 4.78 is 0. The van der Waals surface area contributed by atoms with Gasteiger partial charge in [-0.2, -0.15) is 5.10 Å². The summed E-state index contributed by atoms with van der Waals surface area (Å²) in [5, 5.41) is 11.6. The number of hydrogen-bond acceptors (Lipinski definition) is 4. The average Bonchev–Trinajstić information content (AvgIpc) is 2.83. The number of rotatable bonds is 3. The molecule has 0 unspecified atom stereocenters. The van der Waals surface area contributed by atoms with Crippen LogP contribution in [0.4, 0.5) is 16.2 Å². The maximum atomic E-state index is 11.5. The molecule has 0 atom stereocenters. The average molecular weight is 232 g/mol. The second-order valence-electron chi connectivity index (χ2n) is 3.36. The predicted octanol–water partition coefficient (Wildman–Crippen LogP) is 0.709. The molecule has 1 aromatic carbocycles. The third-order valence-corrected chi connectivity index (χ3v) is 2.05. The SMILES string of the molecule is Nc1ccc(NC(=O)NCc2ncn[nH]2)cc1. The first-order chi connectivity index (χ1) is 8.24. The number of nitrogens with zero attached hydrogens (tertiary/aromatic N) is 2. The Morgan fingerprint density at radius 1 is 1.35 bits per heavy atom. The lowest BCUT2D eigenvalue weighted by atomic mass is 10.3. The Bertz CT molecular complexity index is 478. The summed E-state index contributed by atoms with van der Waals surface area (Å²) in [6.45, 7) is 0.292. The van der Waals surface area contributed by atoms with Crippen molar-refractivity contribution in [3.63, 3.8) is 0 Å². The molecule has 0 fully saturated rings. The molecule has 7 heteroatoms. The molecule has 0 spiro atoms. The molecule has 1 aromatic heterocycles. The number of anilines is 2. The highest BCUT2D eigenvalue weighted by Gasteiger charge is 2.02. The number of aromatic nitrogens is 3. The summed E-state index contributed by atoms with van der Waals surface area (Å²) in [5.74, 6) is 0.595. The van der Waals surface area contributed by atoms with Crippen molar-refractivity contribution in [1.29, 1.82) is 0 Å². The molecule has 88 valence electrons. The van der Waals surface area contributed by atoms with Crippen molar-refractivity contribution in [3.8, 4) is 0 Å². The van der Waals surface area contributed by atoms with Crippen molar-refractivity contribution in [2.75, 3.05) is 11.1 Å². The van der Waals surface area contributed by atoms with Crippen LogP contribution in [0.2, 0.25) is 0 Å². The van der Waals surface area contributed by atoms with Crippen molar-refractivity contribution in [2.24, 2.45) is 0 Å². The van der Waals surface area contributed by atoms with E-state index < -0.39 is 0 Å². The molecular formula is C10H12N6O. The van der Waals surface area contributed by atoms with Gasteiger partial charge in [0.25, 0.3) is 0 Å². The zero-order valence-electron chi connectivity index (χ0n) is 8.97. The Balaban J connectivity index is 1.83. The zero-order chi connectivity index (χ0) is 12.1. The molecule has 0 radical (unpaired) electrons. The van der Waals surface area contributed by atoms with Gasteiger partial charge in [-0.1, -0.05) is 0 Å². The Kier molecular flexibility index (Phi) is 3.20. The van der Waals surface area contributed by atoms with E-state index in [1.54, 1.807) is 24.3 Å². The molecule has 0 aliphatic carbocycles. The number of carbonyl (C=O) groups is 1. The molecular weight excluding hydrogens is 220 g/mol. The maximum Gasteiger partial charge on any atom is 0.319 e. The standard InChI is InChI=1S/C10H12N6O/c11-7-1-3-8(4-2-7)15-10(17)12-5-9-13-6-14-16-9/h1-4,6H,5,11H2,(H2,12,15,17)(H,13,14,16). The monoisotopic (exact) mass is 232 g/mol. The summed E-state index contributed by atoms with van der Waals surface area (Å²) in [6.07, 6.45) is 1.38. The van der Waals surface area contributed by atoms with E-state index in [4.69, 9.17) is 5.73 Å². The van der Waals surface area contributed by atoms with Crippen molar-refractivity contribution >= 4 is 17.4 Å². The quantitative estimate of drug-likeness (QED) is 0.584. The van der Waals surface area contributed by atoms with Crippen LogP contribution >= 0.6 is 0 Å². The Labute approximate surface area is 97.4 Å². The number of nitrogens with two attached hydrogens (primary N) is 1. The van der Waals surface area contributed by atoms with Crippen molar-refractivity contribution in [2.45, 2.75) is 6.54 Å². The number of hydrogen-bond donors (Lipinski definition) is 4. The molecule has 0 saturated carbocycles. The maximum absolute atomic E-state index is 11.5. The zero-order valence-corrected chi connectivity index (χ0v) is 8.97. The number of H-pyrrole nitrogens is 1. The number of urea groups is 1. The number of aromatic amines is 1. The minimum absolute atomic E-state index is 0.292. The van der Waals surface area contributed by atoms with Gasteiger partial charge in [-0.3, -0.25) is 5.10 Å². The fourth-order valence-electron chi connectivity index (χ4n) is 1.22. The van der Waals surface area contributed by atoms with Crippen LogP contribution in [0.5, 0.6) is 0 Å². The van der Waals surface area contributed by atoms with E-state index in [1.807, 2.05) is 0 Å². The molecule has 1 heterocycles. The molecule has 0 saturated heterocycles. The van der Waals surface area contributed by atoms with E-state index in [1.165, 1.54) is 6.33 Å². The largest absolute Gasteiger partial charge is 0.399 e. The van der Waals surface area contributed by atoms with Crippen LogP contribution in [0, 0.1) is 0 Å². The van der Waals surface area contributed by atoms with E-state index in [2.05, 4.69) is 25.8 Å². The van der Waals surface area contributed by atoms with Gasteiger partial charge >= 0.3 is 6.03 Å². The summed E-state index contributed by atoms with van der Waals surface area (Å²) >= 11 is 0. The number of benzene rings is 1. The third-order valence-electron chi connectivity index (χ3n) is 2.05. The van der Waals surface area contributed by atoms with E-state index >= 15 is 0 Å². The molecule has 7 nitrogen and oxygen atoms in total. The summed E-state index contributed by atoms with van der Waals surface area (Å²) in [6, 6.07) is 6.57. The van der Waals surface area contributed by atoms with Gasteiger partial charge in [0, 0.05) is 11.4 Å². The van der Waals surface area contributed by atoms with Crippen LogP contribution in [-0.2, 0) is 6.54 Å².